The fraction of sp³-hybridized carbons (Fsp3) is 0.429. The van der Waals surface area contributed by atoms with Crippen LogP contribution in [0.5, 0.6) is 0 Å². The van der Waals surface area contributed by atoms with Crippen molar-refractivity contribution in [1.82, 2.24) is 15.5 Å². The van der Waals surface area contributed by atoms with Gasteiger partial charge in [-0.15, -0.1) is 0 Å². The highest BCUT2D eigenvalue weighted by atomic mass is 15.2. The first kappa shape index (κ1) is 11.4. The van der Waals surface area contributed by atoms with Gasteiger partial charge >= 0.3 is 0 Å². The zero-order valence-corrected chi connectivity index (χ0v) is 10.6. The summed E-state index contributed by atoms with van der Waals surface area (Å²) < 4.78 is 0. The van der Waals surface area contributed by atoms with Crippen LogP contribution in [0.3, 0.4) is 0 Å². The third-order valence-corrected chi connectivity index (χ3v) is 3.77. The van der Waals surface area contributed by atoms with E-state index < -0.39 is 0 Å². The van der Waals surface area contributed by atoms with Crippen molar-refractivity contribution in [3.63, 3.8) is 0 Å². The molecule has 0 atom stereocenters. The van der Waals surface area contributed by atoms with E-state index in [0.29, 0.717) is 6.04 Å². The first-order valence-corrected chi connectivity index (χ1v) is 6.51. The van der Waals surface area contributed by atoms with Crippen molar-refractivity contribution in [3.05, 3.63) is 30.5 Å². The van der Waals surface area contributed by atoms with Gasteiger partial charge in [0.25, 0.3) is 0 Å². The van der Waals surface area contributed by atoms with Crippen LogP contribution in [0.2, 0.25) is 0 Å². The van der Waals surface area contributed by atoms with Gasteiger partial charge in [0.15, 0.2) is 0 Å². The number of nitrogens with zero attached hydrogens (tertiary/aromatic N) is 3. The lowest BCUT2D eigenvalue weighted by molar-refractivity contribution is 0.442. The van der Waals surface area contributed by atoms with Crippen LogP contribution in [-0.2, 0) is 0 Å². The van der Waals surface area contributed by atoms with Gasteiger partial charge in [0.1, 0.15) is 0 Å². The summed E-state index contributed by atoms with van der Waals surface area (Å²) in [5, 5.41) is 12.9. The highest BCUT2D eigenvalue weighted by Gasteiger charge is 2.19. The summed E-state index contributed by atoms with van der Waals surface area (Å²) in [6, 6.07) is 8.87. The lowest BCUT2D eigenvalue weighted by Gasteiger charge is -2.33. The van der Waals surface area contributed by atoms with E-state index in [2.05, 4.69) is 32.5 Å². The van der Waals surface area contributed by atoms with Gasteiger partial charge in [-0.25, -0.2) is 0 Å². The Morgan fingerprint density at radius 2 is 2.00 bits per heavy atom. The normalized spacial score (nSPS) is 17.3. The average molecular weight is 242 g/mol. The zero-order valence-electron chi connectivity index (χ0n) is 10.6. The number of benzene rings is 1. The second-order valence-corrected chi connectivity index (χ2v) is 4.80. The van der Waals surface area contributed by atoms with E-state index in [1.54, 1.807) is 0 Å². The van der Waals surface area contributed by atoms with Crippen LogP contribution in [0.4, 0.5) is 5.69 Å². The number of hydrogen-bond donors (Lipinski definition) is 1. The van der Waals surface area contributed by atoms with E-state index in [1.165, 1.54) is 23.9 Å². The van der Waals surface area contributed by atoms with Crippen LogP contribution in [0, 0.1) is 0 Å². The molecular weight excluding hydrogens is 224 g/mol. The van der Waals surface area contributed by atoms with Crippen LogP contribution >= 0.6 is 0 Å². The minimum Gasteiger partial charge on any atom is -0.370 e. The third-order valence-electron chi connectivity index (χ3n) is 3.77. The summed E-state index contributed by atoms with van der Waals surface area (Å²) in [5.41, 5.74) is 2.20. The molecule has 2 aromatic rings. The van der Waals surface area contributed by atoms with E-state index in [0.717, 1.165) is 18.6 Å². The fourth-order valence-corrected chi connectivity index (χ4v) is 2.65. The molecular formula is C14H18N4. The molecule has 1 aromatic heterocycles. The summed E-state index contributed by atoms with van der Waals surface area (Å²) in [4.78, 5) is 2.42. The van der Waals surface area contributed by atoms with Crippen molar-refractivity contribution in [3.8, 4) is 0 Å². The van der Waals surface area contributed by atoms with Crippen molar-refractivity contribution < 1.29 is 0 Å². The smallest absolute Gasteiger partial charge is 0.0950 e. The van der Waals surface area contributed by atoms with Crippen LogP contribution in [0.25, 0.3) is 10.9 Å². The summed E-state index contributed by atoms with van der Waals surface area (Å²) >= 11 is 0. The Hall–Kier alpha value is -1.68. The van der Waals surface area contributed by atoms with E-state index in [-0.39, 0.29) is 0 Å². The monoisotopic (exact) mass is 242 g/mol. The first-order valence-electron chi connectivity index (χ1n) is 6.51. The maximum absolute atomic E-state index is 4.18. The van der Waals surface area contributed by atoms with Crippen molar-refractivity contribution in [2.24, 2.45) is 0 Å². The van der Waals surface area contributed by atoms with Crippen molar-refractivity contribution in [2.75, 3.05) is 25.0 Å². The lowest BCUT2D eigenvalue weighted by Crippen LogP contribution is -2.41. The largest absolute Gasteiger partial charge is 0.370 e. The molecule has 1 aliphatic heterocycles. The van der Waals surface area contributed by atoms with Gasteiger partial charge in [-0.1, -0.05) is 18.2 Å². The molecule has 0 bridgehead atoms. The highest BCUT2D eigenvalue weighted by molar-refractivity contribution is 5.90. The molecule has 1 aliphatic rings. The second kappa shape index (κ2) is 4.90. The summed E-state index contributed by atoms with van der Waals surface area (Å²) in [5.74, 6) is 0. The maximum Gasteiger partial charge on any atom is 0.0950 e. The Morgan fingerprint density at radius 3 is 2.78 bits per heavy atom. The molecule has 4 nitrogen and oxygen atoms in total. The molecule has 0 spiro atoms. The number of rotatable bonds is 2. The Morgan fingerprint density at radius 1 is 1.22 bits per heavy atom. The average Bonchev–Trinajstić information content (AvgIpc) is 2.47. The number of fused-ring (bicyclic) bond motifs is 1. The second-order valence-electron chi connectivity index (χ2n) is 4.80. The first-order chi connectivity index (χ1) is 8.88. The number of piperidine rings is 1. The molecule has 0 aliphatic carbocycles. The zero-order chi connectivity index (χ0) is 12.4. The van der Waals surface area contributed by atoms with Gasteiger partial charge in [-0.3, -0.25) is 0 Å². The molecule has 1 saturated heterocycles. The summed E-state index contributed by atoms with van der Waals surface area (Å²) in [6.45, 7) is 2.17. The third kappa shape index (κ3) is 2.04. The summed E-state index contributed by atoms with van der Waals surface area (Å²) in [7, 11) is 2.05. The molecule has 2 heterocycles. The van der Waals surface area contributed by atoms with Gasteiger partial charge in [0.2, 0.25) is 0 Å². The standard InChI is InChI=1S/C14H18N4/c1-15-11-6-8-18(9-7-11)14-10-16-17-13-5-3-2-4-12(13)14/h2-5,10-11,15H,6-9H2,1H3. The SMILES string of the molecule is CNC1CCN(c2cnnc3ccccc23)CC1. The van der Waals surface area contributed by atoms with Gasteiger partial charge < -0.3 is 10.2 Å². The topological polar surface area (TPSA) is 41.0 Å². The van der Waals surface area contributed by atoms with Crippen LogP contribution in [-0.4, -0.2) is 36.4 Å². The lowest BCUT2D eigenvalue weighted by atomic mass is 10.0. The minimum atomic E-state index is 0.655. The quantitative estimate of drug-likeness (QED) is 0.872. The van der Waals surface area contributed by atoms with Crippen LogP contribution in [0.15, 0.2) is 30.5 Å². The Balaban J connectivity index is 1.91. The van der Waals surface area contributed by atoms with E-state index in [9.17, 15) is 0 Å². The van der Waals surface area contributed by atoms with Gasteiger partial charge in [0.05, 0.1) is 17.4 Å². The molecule has 0 unspecified atom stereocenters. The molecule has 18 heavy (non-hydrogen) atoms. The Kier molecular flexibility index (Phi) is 3.11. The molecule has 0 radical (unpaired) electrons. The van der Waals surface area contributed by atoms with E-state index in [1.807, 2.05) is 25.4 Å². The number of hydrogen-bond acceptors (Lipinski definition) is 4. The maximum atomic E-state index is 4.18. The molecule has 94 valence electrons. The van der Waals surface area contributed by atoms with Gasteiger partial charge in [-0.05, 0) is 26.0 Å². The van der Waals surface area contributed by atoms with Crippen LogP contribution in [0.1, 0.15) is 12.8 Å². The number of anilines is 1. The predicted molar refractivity (Wildman–Crippen MR) is 73.8 cm³/mol. The van der Waals surface area contributed by atoms with Crippen molar-refractivity contribution in [1.29, 1.82) is 0 Å². The highest BCUT2D eigenvalue weighted by Crippen LogP contribution is 2.26. The Bertz CT molecular complexity index is 527. The van der Waals surface area contributed by atoms with Crippen molar-refractivity contribution >= 4 is 16.6 Å². The van der Waals surface area contributed by atoms with Crippen LogP contribution < -0.4 is 10.2 Å². The summed E-state index contributed by atoms with van der Waals surface area (Å²) in [6.07, 6.45) is 4.27. The van der Waals surface area contributed by atoms with Gasteiger partial charge in [-0.2, -0.15) is 10.2 Å². The Labute approximate surface area is 107 Å². The molecule has 0 saturated carbocycles. The predicted octanol–water partition coefficient (Wildman–Crippen LogP) is 1.82. The molecule has 1 N–H and O–H groups in total. The van der Waals surface area contributed by atoms with E-state index >= 15 is 0 Å². The number of aromatic nitrogens is 2. The molecule has 3 rings (SSSR count). The van der Waals surface area contributed by atoms with Crippen molar-refractivity contribution in [2.45, 2.75) is 18.9 Å². The molecule has 0 amide bonds. The number of nitrogens with one attached hydrogen (secondary N) is 1. The molecule has 4 heteroatoms. The van der Waals surface area contributed by atoms with E-state index in [4.69, 9.17) is 0 Å². The molecule has 1 fully saturated rings. The van der Waals surface area contributed by atoms with Gasteiger partial charge in [0, 0.05) is 24.5 Å². The molecule has 1 aromatic carbocycles. The fourth-order valence-electron chi connectivity index (χ4n) is 2.65. The minimum absolute atomic E-state index is 0.655.